The summed E-state index contributed by atoms with van der Waals surface area (Å²) < 4.78 is 5.59. The Balaban J connectivity index is 0.00000242. The van der Waals surface area contributed by atoms with E-state index >= 15 is 0 Å². The number of hydrogen-bond donors (Lipinski definition) is 2. The summed E-state index contributed by atoms with van der Waals surface area (Å²) in [6.45, 7) is 1.84. The second-order valence-electron chi connectivity index (χ2n) is 5.64. The van der Waals surface area contributed by atoms with Crippen molar-refractivity contribution in [3.63, 3.8) is 0 Å². The predicted octanol–water partition coefficient (Wildman–Crippen LogP) is 3.45. The summed E-state index contributed by atoms with van der Waals surface area (Å²) in [7, 11) is 0. The average Bonchev–Trinajstić information content (AvgIpc) is 2.76. The quantitative estimate of drug-likeness (QED) is 0.245. The molecule has 0 unspecified atom stereocenters. The van der Waals surface area contributed by atoms with Gasteiger partial charge in [0.15, 0.2) is 5.96 Å². The molecule has 1 aliphatic rings. The SMILES string of the molecule is I.NC(=NCCOCc1ccccc1)NC1CCCCCC1. The Labute approximate surface area is 150 Å². The summed E-state index contributed by atoms with van der Waals surface area (Å²) in [5.41, 5.74) is 7.12. The molecule has 2 rings (SSSR count). The smallest absolute Gasteiger partial charge is 0.188 e. The second kappa shape index (κ2) is 11.7. The molecule has 22 heavy (non-hydrogen) atoms. The normalized spacial score (nSPS) is 16.6. The van der Waals surface area contributed by atoms with Crippen LogP contribution in [0.4, 0.5) is 0 Å². The van der Waals surface area contributed by atoms with Crippen LogP contribution < -0.4 is 11.1 Å². The van der Waals surface area contributed by atoms with Crippen LogP contribution in [0.1, 0.15) is 44.1 Å². The summed E-state index contributed by atoms with van der Waals surface area (Å²) in [6.07, 6.45) is 7.71. The van der Waals surface area contributed by atoms with Gasteiger partial charge in [-0.05, 0) is 18.4 Å². The summed E-state index contributed by atoms with van der Waals surface area (Å²) in [5.74, 6) is 0.560. The Kier molecular flexibility index (Phi) is 10.2. The van der Waals surface area contributed by atoms with E-state index in [2.05, 4.69) is 22.4 Å². The van der Waals surface area contributed by atoms with Crippen LogP contribution in [0.25, 0.3) is 0 Å². The van der Waals surface area contributed by atoms with Crippen molar-refractivity contribution in [1.82, 2.24) is 5.32 Å². The Morgan fingerprint density at radius 2 is 1.82 bits per heavy atom. The van der Waals surface area contributed by atoms with Crippen LogP contribution in [0, 0.1) is 0 Å². The highest BCUT2D eigenvalue weighted by Gasteiger charge is 2.11. The van der Waals surface area contributed by atoms with E-state index in [0.717, 1.165) is 0 Å². The van der Waals surface area contributed by atoms with E-state index in [0.29, 0.717) is 31.8 Å². The number of aliphatic imine (C=N–C) groups is 1. The topological polar surface area (TPSA) is 59.6 Å². The molecule has 0 spiro atoms. The highest BCUT2D eigenvalue weighted by Crippen LogP contribution is 2.16. The van der Waals surface area contributed by atoms with E-state index in [4.69, 9.17) is 10.5 Å². The summed E-state index contributed by atoms with van der Waals surface area (Å²) >= 11 is 0. The van der Waals surface area contributed by atoms with Crippen molar-refractivity contribution >= 4 is 29.9 Å². The maximum Gasteiger partial charge on any atom is 0.188 e. The number of guanidine groups is 1. The van der Waals surface area contributed by atoms with Crippen molar-refractivity contribution in [2.45, 2.75) is 51.2 Å². The van der Waals surface area contributed by atoms with Crippen LogP contribution in [-0.4, -0.2) is 25.2 Å². The Morgan fingerprint density at radius 3 is 2.50 bits per heavy atom. The van der Waals surface area contributed by atoms with Gasteiger partial charge >= 0.3 is 0 Å². The number of rotatable bonds is 6. The molecular formula is C17H28IN3O. The Bertz CT molecular complexity index is 417. The van der Waals surface area contributed by atoms with Gasteiger partial charge < -0.3 is 15.8 Å². The van der Waals surface area contributed by atoms with Gasteiger partial charge in [0.05, 0.1) is 19.8 Å². The first kappa shape index (κ1) is 19.2. The number of nitrogens with one attached hydrogen (secondary N) is 1. The number of halogens is 1. The first-order chi connectivity index (χ1) is 10.3. The van der Waals surface area contributed by atoms with Gasteiger partial charge in [-0.25, -0.2) is 0 Å². The first-order valence-corrected chi connectivity index (χ1v) is 8.03. The zero-order valence-electron chi connectivity index (χ0n) is 13.2. The number of nitrogens with two attached hydrogens (primary N) is 1. The largest absolute Gasteiger partial charge is 0.375 e. The molecule has 0 saturated heterocycles. The van der Waals surface area contributed by atoms with E-state index < -0.39 is 0 Å². The van der Waals surface area contributed by atoms with E-state index in [9.17, 15) is 0 Å². The van der Waals surface area contributed by atoms with E-state index in [1.807, 2.05) is 18.2 Å². The third-order valence-electron chi connectivity index (χ3n) is 3.84. The molecule has 0 bridgehead atoms. The summed E-state index contributed by atoms with van der Waals surface area (Å²) in [4.78, 5) is 4.34. The molecule has 0 amide bonds. The number of hydrogen-bond acceptors (Lipinski definition) is 2. The molecule has 5 heteroatoms. The van der Waals surface area contributed by atoms with Crippen molar-refractivity contribution < 1.29 is 4.74 Å². The number of nitrogens with zero attached hydrogens (tertiary/aromatic N) is 1. The fourth-order valence-corrected chi connectivity index (χ4v) is 2.67. The molecule has 124 valence electrons. The van der Waals surface area contributed by atoms with Crippen molar-refractivity contribution in [2.75, 3.05) is 13.2 Å². The lowest BCUT2D eigenvalue weighted by Gasteiger charge is -2.16. The Morgan fingerprint density at radius 1 is 1.14 bits per heavy atom. The minimum atomic E-state index is 0. The van der Waals surface area contributed by atoms with Gasteiger partial charge in [0.25, 0.3) is 0 Å². The number of benzene rings is 1. The monoisotopic (exact) mass is 417 g/mol. The molecule has 0 aromatic heterocycles. The lowest BCUT2D eigenvalue weighted by molar-refractivity contribution is 0.128. The van der Waals surface area contributed by atoms with E-state index in [-0.39, 0.29) is 24.0 Å². The molecule has 0 radical (unpaired) electrons. The summed E-state index contributed by atoms with van der Waals surface area (Å²) in [6, 6.07) is 10.7. The molecule has 1 aromatic carbocycles. The zero-order chi connectivity index (χ0) is 14.8. The molecule has 1 aliphatic carbocycles. The zero-order valence-corrected chi connectivity index (χ0v) is 15.5. The van der Waals surface area contributed by atoms with Gasteiger partial charge in [-0.15, -0.1) is 24.0 Å². The molecule has 1 saturated carbocycles. The highest BCUT2D eigenvalue weighted by molar-refractivity contribution is 14.0. The molecule has 4 nitrogen and oxygen atoms in total. The Hall–Kier alpha value is -0.820. The van der Waals surface area contributed by atoms with Crippen molar-refractivity contribution in [2.24, 2.45) is 10.7 Å². The van der Waals surface area contributed by atoms with Gasteiger partial charge in [-0.1, -0.05) is 56.0 Å². The van der Waals surface area contributed by atoms with E-state index in [1.165, 1.54) is 44.1 Å². The molecular weight excluding hydrogens is 389 g/mol. The summed E-state index contributed by atoms with van der Waals surface area (Å²) in [5, 5.41) is 3.34. The van der Waals surface area contributed by atoms with Gasteiger partial charge in [-0.3, -0.25) is 4.99 Å². The molecule has 1 fully saturated rings. The minimum absolute atomic E-state index is 0. The first-order valence-electron chi connectivity index (χ1n) is 8.03. The van der Waals surface area contributed by atoms with Crippen molar-refractivity contribution in [1.29, 1.82) is 0 Å². The molecule has 1 aromatic rings. The lowest BCUT2D eigenvalue weighted by Crippen LogP contribution is -2.40. The van der Waals surface area contributed by atoms with Gasteiger partial charge in [0, 0.05) is 6.04 Å². The highest BCUT2D eigenvalue weighted by atomic mass is 127. The van der Waals surface area contributed by atoms with Crippen LogP contribution in [0.3, 0.4) is 0 Å². The predicted molar refractivity (Wildman–Crippen MR) is 103 cm³/mol. The van der Waals surface area contributed by atoms with Gasteiger partial charge in [0.2, 0.25) is 0 Å². The molecule has 0 atom stereocenters. The van der Waals surface area contributed by atoms with Crippen LogP contribution in [0.5, 0.6) is 0 Å². The van der Waals surface area contributed by atoms with Crippen molar-refractivity contribution in [3.05, 3.63) is 35.9 Å². The minimum Gasteiger partial charge on any atom is -0.375 e. The van der Waals surface area contributed by atoms with Crippen LogP contribution in [0.2, 0.25) is 0 Å². The fourth-order valence-electron chi connectivity index (χ4n) is 2.67. The lowest BCUT2D eigenvalue weighted by atomic mass is 10.1. The fraction of sp³-hybridized carbons (Fsp3) is 0.588. The third-order valence-corrected chi connectivity index (χ3v) is 3.84. The van der Waals surface area contributed by atoms with Crippen LogP contribution in [0.15, 0.2) is 35.3 Å². The van der Waals surface area contributed by atoms with E-state index in [1.54, 1.807) is 0 Å². The van der Waals surface area contributed by atoms with Gasteiger partial charge in [0.1, 0.15) is 0 Å². The number of ether oxygens (including phenoxy) is 1. The standard InChI is InChI=1S/C17H27N3O.HI/c18-17(20-16-10-6-1-2-7-11-16)19-12-13-21-14-15-8-4-3-5-9-15;/h3-5,8-9,16H,1-2,6-7,10-14H2,(H3,18,19,20);1H. The maximum absolute atomic E-state index is 5.93. The third kappa shape index (κ3) is 7.98. The van der Waals surface area contributed by atoms with Gasteiger partial charge in [-0.2, -0.15) is 0 Å². The molecule has 0 aliphatic heterocycles. The molecule has 3 N–H and O–H groups in total. The second-order valence-corrected chi connectivity index (χ2v) is 5.64. The average molecular weight is 417 g/mol. The molecule has 0 heterocycles. The van der Waals surface area contributed by atoms with Crippen molar-refractivity contribution in [3.8, 4) is 0 Å². The maximum atomic E-state index is 5.93. The van der Waals surface area contributed by atoms with Crippen LogP contribution >= 0.6 is 24.0 Å². The van der Waals surface area contributed by atoms with Crippen LogP contribution in [-0.2, 0) is 11.3 Å².